The predicted octanol–water partition coefficient (Wildman–Crippen LogP) is 0.912. The van der Waals surface area contributed by atoms with Crippen LogP contribution in [0.2, 0.25) is 0 Å². The quantitative estimate of drug-likeness (QED) is 0.727. The fourth-order valence-electron chi connectivity index (χ4n) is 7.67. The van der Waals surface area contributed by atoms with E-state index in [4.69, 9.17) is 0 Å². The largest absolute Gasteiger partial charge is 0.313 e. The highest BCUT2D eigenvalue weighted by molar-refractivity contribution is 8.00. The molecule has 0 bridgehead atoms. The lowest BCUT2D eigenvalue weighted by Crippen LogP contribution is -2.70. The molecule has 5 unspecified atom stereocenters. The number of fused-ring (bicyclic) bond motifs is 1. The van der Waals surface area contributed by atoms with E-state index < -0.39 is 0 Å². The van der Waals surface area contributed by atoms with Gasteiger partial charge in [0.2, 0.25) is 0 Å². The fourth-order valence-corrected chi connectivity index (χ4v) is 9.41. The Morgan fingerprint density at radius 3 is 2.68 bits per heavy atom. The Labute approximate surface area is 175 Å². The minimum Gasteiger partial charge on any atom is -0.313 e. The summed E-state index contributed by atoms with van der Waals surface area (Å²) in [7, 11) is 4.68. The number of nitrogens with zero attached hydrogens (tertiary/aromatic N) is 3. The zero-order valence-corrected chi connectivity index (χ0v) is 18.6. The summed E-state index contributed by atoms with van der Waals surface area (Å²) in [4.78, 5) is 8.08. The van der Waals surface area contributed by atoms with Crippen molar-refractivity contribution in [1.82, 2.24) is 25.3 Å². The summed E-state index contributed by atoms with van der Waals surface area (Å²) in [6.07, 6.45) is 7.08. The van der Waals surface area contributed by atoms with E-state index in [1.54, 1.807) is 0 Å². The maximum absolute atomic E-state index is 4.05. The Bertz CT molecular complexity index is 604. The lowest BCUT2D eigenvalue weighted by atomic mass is 9.71. The third-order valence-corrected chi connectivity index (χ3v) is 10.9. The molecular weight excluding hydrogens is 366 g/mol. The summed E-state index contributed by atoms with van der Waals surface area (Å²) in [5.41, 5.74) is 1.14. The number of likely N-dealkylation sites (tertiary alicyclic amines) is 3. The zero-order valence-electron chi connectivity index (χ0n) is 17.8. The highest BCUT2D eigenvalue weighted by Crippen LogP contribution is 2.49. The number of likely N-dealkylation sites (N-methyl/N-ethyl adjacent to an activating group) is 2. The normalized spacial score (nSPS) is 45.4. The Morgan fingerprint density at radius 2 is 1.93 bits per heavy atom. The minimum absolute atomic E-state index is 0.491. The lowest BCUT2D eigenvalue weighted by molar-refractivity contribution is -0.0411. The van der Waals surface area contributed by atoms with E-state index in [0.717, 1.165) is 29.3 Å². The number of nitrogens with one attached hydrogen (secondary N) is 2. The highest BCUT2D eigenvalue weighted by Gasteiger charge is 2.54. The Morgan fingerprint density at radius 1 is 1.07 bits per heavy atom. The van der Waals surface area contributed by atoms with Crippen LogP contribution in [-0.4, -0.2) is 109 Å². The average Bonchev–Trinajstić information content (AvgIpc) is 3.28. The Hall–Kier alpha value is 0.150. The zero-order chi connectivity index (χ0) is 18.9. The first-order valence-corrected chi connectivity index (χ1v) is 12.8. The highest BCUT2D eigenvalue weighted by atomic mass is 32.2. The molecule has 0 aromatic carbocycles. The van der Waals surface area contributed by atoms with Crippen LogP contribution in [0.5, 0.6) is 0 Å². The molecule has 6 rings (SSSR count). The number of rotatable bonds is 3. The second-order valence-electron chi connectivity index (χ2n) is 11.1. The summed E-state index contributed by atoms with van der Waals surface area (Å²) in [6, 6.07) is 2.35. The van der Waals surface area contributed by atoms with Crippen LogP contribution in [0.15, 0.2) is 0 Å². The van der Waals surface area contributed by atoms with E-state index in [1.165, 1.54) is 83.7 Å². The molecule has 28 heavy (non-hydrogen) atoms. The van der Waals surface area contributed by atoms with Gasteiger partial charge in [0.25, 0.3) is 0 Å². The maximum atomic E-state index is 4.05. The third kappa shape index (κ3) is 2.85. The van der Waals surface area contributed by atoms with Gasteiger partial charge in [-0.15, -0.1) is 0 Å². The molecule has 0 amide bonds. The number of hydrogen-bond donors (Lipinski definition) is 2. The van der Waals surface area contributed by atoms with Crippen LogP contribution in [0.1, 0.15) is 32.1 Å². The van der Waals surface area contributed by atoms with Crippen molar-refractivity contribution in [3.8, 4) is 0 Å². The van der Waals surface area contributed by atoms with Crippen LogP contribution in [0.25, 0.3) is 0 Å². The first-order valence-electron chi connectivity index (χ1n) is 11.8. The Kier molecular flexibility index (Phi) is 4.60. The van der Waals surface area contributed by atoms with Crippen molar-refractivity contribution in [2.75, 3.05) is 65.7 Å². The van der Waals surface area contributed by atoms with Gasteiger partial charge in [-0.3, -0.25) is 4.90 Å². The lowest BCUT2D eigenvalue weighted by Gasteiger charge is -2.57. The van der Waals surface area contributed by atoms with Crippen LogP contribution >= 0.6 is 11.8 Å². The van der Waals surface area contributed by atoms with E-state index in [0.29, 0.717) is 11.0 Å². The van der Waals surface area contributed by atoms with E-state index in [-0.39, 0.29) is 0 Å². The Balaban J connectivity index is 1.04. The summed E-state index contributed by atoms with van der Waals surface area (Å²) in [5.74, 6) is 2.28. The smallest absolute Gasteiger partial charge is 0.0496 e. The van der Waals surface area contributed by atoms with E-state index >= 15 is 0 Å². The van der Waals surface area contributed by atoms with Gasteiger partial charge in [0.15, 0.2) is 0 Å². The van der Waals surface area contributed by atoms with Crippen LogP contribution in [0.4, 0.5) is 0 Å². The molecule has 5 nitrogen and oxygen atoms in total. The molecule has 2 spiro atoms. The molecule has 0 aliphatic carbocycles. The van der Waals surface area contributed by atoms with Gasteiger partial charge in [0.1, 0.15) is 0 Å². The van der Waals surface area contributed by atoms with Crippen molar-refractivity contribution in [3.63, 3.8) is 0 Å². The predicted molar refractivity (Wildman–Crippen MR) is 117 cm³/mol. The molecule has 0 aromatic rings. The maximum Gasteiger partial charge on any atom is 0.0496 e. The summed E-state index contributed by atoms with van der Waals surface area (Å²) in [6.45, 7) is 9.14. The molecule has 0 aromatic heterocycles. The van der Waals surface area contributed by atoms with E-state index in [1.807, 2.05) is 0 Å². The SMILES string of the molecule is CN1CCC2NC(C3CC4(CCS3)CN(CC3CCN(C)C35CNC5)C4)CC21. The molecule has 6 heterocycles. The van der Waals surface area contributed by atoms with Crippen LogP contribution in [0, 0.1) is 11.3 Å². The van der Waals surface area contributed by atoms with Crippen LogP contribution in [0.3, 0.4) is 0 Å². The molecule has 6 aliphatic heterocycles. The van der Waals surface area contributed by atoms with Gasteiger partial charge in [-0.1, -0.05) is 0 Å². The van der Waals surface area contributed by atoms with Crippen LogP contribution < -0.4 is 10.6 Å². The van der Waals surface area contributed by atoms with Gasteiger partial charge >= 0.3 is 0 Å². The van der Waals surface area contributed by atoms with Crippen molar-refractivity contribution in [1.29, 1.82) is 0 Å². The van der Waals surface area contributed by atoms with Gasteiger partial charge in [0.05, 0.1) is 0 Å². The molecule has 6 saturated heterocycles. The average molecular weight is 406 g/mol. The molecule has 0 radical (unpaired) electrons. The van der Waals surface area contributed by atoms with E-state index in [9.17, 15) is 0 Å². The second-order valence-corrected chi connectivity index (χ2v) is 12.4. The van der Waals surface area contributed by atoms with Gasteiger partial charge in [-0.2, -0.15) is 11.8 Å². The number of thioether (sulfide) groups is 1. The number of hydrogen-bond acceptors (Lipinski definition) is 6. The van der Waals surface area contributed by atoms with Gasteiger partial charge < -0.3 is 20.4 Å². The summed E-state index contributed by atoms with van der Waals surface area (Å²) < 4.78 is 0. The summed E-state index contributed by atoms with van der Waals surface area (Å²) >= 11 is 2.28. The monoisotopic (exact) mass is 405 g/mol. The van der Waals surface area contributed by atoms with Crippen LogP contribution in [-0.2, 0) is 0 Å². The standard InChI is InChI=1S/C22H39N5S/c1-25-6-4-17-19(25)9-18(24-17)20-10-21(5-8-28-20)14-27(15-21)11-16-3-7-26(2)22(16)12-23-13-22/h16-20,23-24H,3-15H2,1-2H3. The van der Waals surface area contributed by atoms with Crippen molar-refractivity contribution in [3.05, 3.63) is 0 Å². The first-order chi connectivity index (χ1) is 13.6. The second kappa shape index (κ2) is 6.83. The van der Waals surface area contributed by atoms with Gasteiger partial charge in [-0.05, 0) is 76.4 Å². The van der Waals surface area contributed by atoms with Crippen molar-refractivity contribution in [2.24, 2.45) is 11.3 Å². The minimum atomic E-state index is 0.491. The third-order valence-electron chi connectivity index (χ3n) is 9.59. The molecule has 6 heteroatoms. The molecule has 2 N–H and O–H groups in total. The van der Waals surface area contributed by atoms with Crippen molar-refractivity contribution < 1.29 is 0 Å². The summed E-state index contributed by atoms with van der Waals surface area (Å²) in [5, 5.41) is 8.46. The topological polar surface area (TPSA) is 33.8 Å². The first kappa shape index (κ1) is 18.9. The molecule has 5 atom stereocenters. The fraction of sp³-hybridized carbons (Fsp3) is 1.00. The van der Waals surface area contributed by atoms with Crippen molar-refractivity contribution in [2.45, 2.75) is 61.0 Å². The van der Waals surface area contributed by atoms with E-state index in [2.05, 4.69) is 51.2 Å². The molecule has 0 saturated carbocycles. The molecule has 6 aliphatic rings. The molecule has 158 valence electrons. The van der Waals surface area contributed by atoms with Crippen molar-refractivity contribution >= 4 is 11.8 Å². The van der Waals surface area contributed by atoms with Gasteiger partial charge in [0, 0.05) is 61.6 Å². The molecule has 6 fully saturated rings. The van der Waals surface area contributed by atoms with Gasteiger partial charge in [-0.25, -0.2) is 0 Å². The molecular formula is C22H39N5S.